The summed E-state index contributed by atoms with van der Waals surface area (Å²) in [4.78, 5) is 9.51. The molecule has 13 heavy (non-hydrogen) atoms. The Balaban J connectivity index is 3.31. The van der Waals surface area contributed by atoms with Gasteiger partial charge in [0.25, 0.3) is 16.1 Å². The van der Waals surface area contributed by atoms with E-state index in [1.165, 1.54) is 18.2 Å². The van der Waals surface area contributed by atoms with E-state index in [1.807, 2.05) is 0 Å². The van der Waals surface area contributed by atoms with Crippen LogP contribution in [0.4, 0.5) is 0 Å². The summed E-state index contributed by atoms with van der Waals surface area (Å²) >= 11 is 0. The highest BCUT2D eigenvalue weighted by Crippen LogP contribution is 2.17. The minimum absolute atomic E-state index is 0.206. The third kappa shape index (κ3) is 2.14. The van der Waals surface area contributed by atoms with Crippen LogP contribution in [0.15, 0.2) is 33.6 Å². The van der Waals surface area contributed by atoms with Crippen molar-refractivity contribution in [2.75, 3.05) is 0 Å². The molecule has 1 N–H and O–H groups in total. The first kappa shape index (κ1) is 9.44. The van der Waals surface area contributed by atoms with E-state index < -0.39 is 10.0 Å². The van der Waals surface area contributed by atoms with Crippen molar-refractivity contribution in [2.24, 2.45) is 4.40 Å². The summed E-state index contributed by atoms with van der Waals surface area (Å²) in [5.74, 6) is -0.206. The van der Waals surface area contributed by atoms with Gasteiger partial charge in [-0.15, -0.1) is 0 Å². The second kappa shape index (κ2) is 3.38. The Kier molecular flexibility index (Phi) is 2.46. The van der Waals surface area contributed by atoms with E-state index in [0.717, 1.165) is 12.1 Å². The van der Waals surface area contributed by atoms with E-state index in [-0.39, 0.29) is 10.6 Å². The predicted octanol–water partition coefficient (Wildman–Crippen LogP) is 0.417. The molecule has 0 radical (unpaired) electrons. The molecule has 0 bridgehead atoms. The van der Waals surface area contributed by atoms with Crippen LogP contribution in [0.5, 0.6) is 5.75 Å². The molecule has 5 nitrogen and oxygen atoms in total. The van der Waals surface area contributed by atoms with Gasteiger partial charge in [0.1, 0.15) is 5.75 Å². The van der Waals surface area contributed by atoms with Gasteiger partial charge in [0.15, 0.2) is 0 Å². The second-order valence-electron chi connectivity index (χ2n) is 2.15. The zero-order valence-corrected chi connectivity index (χ0v) is 7.15. The monoisotopic (exact) mass is 199 g/mol. The first-order valence-corrected chi connectivity index (χ1v) is 4.63. The van der Waals surface area contributed by atoms with Crippen LogP contribution in [-0.2, 0) is 14.8 Å². The van der Waals surface area contributed by atoms with Gasteiger partial charge in [0, 0.05) is 6.07 Å². The summed E-state index contributed by atoms with van der Waals surface area (Å²) in [5.41, 5.74) is 0. The maximum Gasteiger partial charge on any atom is 0.292 e. The average Bonchev–Trinajstić information content (AvgIpc) is 2.04. The molecule has 1 aromatic carbocycles. The smallest absolute Gasteiger partial charge is 0.292 e. The van der Waals surface area contributed by atoms with Crippen molar-refractivity contribution in [3.8, 4) is 5.75 Å². The van der Waals surface area contributed by atoms with Gasteiger partial charge in [-0.1, -0.05) is 10.5 Å². The number of hydrogen-bond donors (Lipinski definition) is 1. The van der Waals surface area contributed by atoms with Crippen LogP contribution in [0.2, 0.25) is 0 Å². The molecule has 0 saturated carbocycles. The number of hydrogen-bond acceptors (Lipinski definition) is 4. The second-order valence-corrected chi connectivity index (χ2v) is 3.76. The SMILES string of the molecule is O=C=NS(=O)(=O)c1cccc(O)c1. The number of phenols is 1. The van der Waals surface area contributed by atoms with Crippen LogP contribution >= 0.6 is 0 Å². The summed E-state index contributed by atoms with van der Waals surface area (Å²) in [6, 6.07) is 4.86. The van der Waals surface area contributed by atoms with Crippen LogP contribution in [0.3, 0.4) is 0 Å². The third-order valence-corrected chi connectivity index (χ3v) is 2.44. The molecule has 6 heteroatoms. The maximum atomic E-state index is 11.0. The molecule has 0 aromatic heterocycles. The highest BCUT2D eigenvalue weighted by atomic mass is 32.2. The van der Waals surface area contributed by atoms with Crippen molar-refractivity contribution in [2.45, 2.75) is 4.90 Å². The number of rotatable bonds is 2. The van der Waals surface area contributed by atoms with Crippen molar-refractivity contribution < 1.29 is 18.3 Å². The van der Waals surface area contributed by atoms with Gasteiger partial charge in [-0.05, 0) is 12.1 Å². The van der Waals surface area contributed by atoms with Gasteiger partial charge in [0.2, 0.25) is 0 Å². The minimum atomic E-state index is -3.99. The number of sulfonamides is 1. The van der Waals surface area contributed by atoms with E-state index >= 15 is 0 Å². The lowest BCUT2D eigenvalue weighted by Gasteiger charge is -1.96. The number of carbonyl (C=O) groups excluding carboxylic acids is 1. The highest BCUT2D eigenvalue weighted by molar-refractivity contribution is 7.90. The molecule has 0 spiro atoms. The first-order chi connectivity index (χ1) is 6.06. The molecule has 1 rings (SSSR count). The predicted molar refractivity (Wildman–Crippen MR) is 43.4 cm³/mol. The number of nitrogens with zero attached hydrogens (tertiary/aromatic N) is 1. The Labute approximate surface area is 74.4 Å². The van der Waals surface area contributed by atoms with Crippen molar-refractivity contribution >= 4 is 16.1 Å². The van der Waals surface area contributed by atoms with Gasteiger partial charge < -0.3 is 5.11 Å². The van der Waals surface area contributed by atoms with Crippen LogP contribution in [0.1, 0.15) is 0 Å². The van der Waals surface area contributed by atoms with E-state index in [9.17, 15) is 13.2 Å². The molecule has 0 aliphatic carbocycles. The Morgan fingerprint density at radius 3 is 2.62 bits per heavy atom. The van der Waals surface area contributed by atoms with Gasteiger partial charge >= 0.3 is 0 Å². The highest BCUT2D eigenvalue weighted by Gasteiger charge is 2.12. The normalized spacial score (nSPS) is 10.5. The Morgan fingerprint density at radius 1 is 1.38 bits per heavy atom. The molecular weight excluding hydrogens is 194 g/mol. The van der Waals surface area contributed by atoms with Gasteiger partial charge in [-0.25, -0.2) is 4.79 Å². The molecule has 1 aromatic rings. The van der Waals surface area contributed by atoms with E-state index in [2.05, 4.69) is 4.40 Å². The van der Waals surface area contributed by atoms with E-state index in [4.69, 9.17) is 5.11 Å². The number of benzene rings is 1. The first-order valence-electron chi connectivity index (χ1n) is 3.19. The Bertz CT molecular complexity index is 459. The summed E-state index contributed by atoms with van der Waals surface area (Å²) in [6.45, 7) is 0. The summed E-state index contributed by atoms with van der Waals surface area (Å²) < 4.78 is 24.7. The summed E-state index contributed by atoms with van der Waals surface area (Å²) in [5, 5.41) is 8.94. The molecule has 0 fully saturated rings. The van der Waals surface area contributed by atoms with Crippen molar-refractivity contribution in [1.82, 2.24) is 0 Å². The zero-order chi connectivity index (χ0) is 9.90. The minimum Gasteiger partial charge on any atom is -0.508 e. The standard InChI is InChI=1S/C7H5NO4S/c9-5-8-13(11,12)7-3-1-2-6(10)4-7/h1-4,10H. The number of aromatic hydroxyl groups is 1. The molecule has 0 heterocycles. The number of isocyanates is 1. The average molecular weight is 199 g/mol. The number of phenolic OH excluding ortho intramolecular Hbond substituents is 1. The van der Waals surface area contributed by atoms with Crippen LogP contribution in [0.25, 0.3) is 0 Å². The maximum absolute atomic E-state index is 11.0. The quantitative estimate of drug-likeness (QED) is 0.552. The Morgan fingerprint density at radius 2 is 2.08 bits per heavy atom. The zero-order valence-electron chi connectivity index (χ0n) is 6.34. The van der Waals surface area contributed by atoms with E-state index in [0.29, 0.717) is 0 Å². The fourth-order valence-electron chi connectivity index (χ4n) is 0.746. The van der Waals surface area contributed by atoms with Crippen molar-refractivity contribution in [3.05, 3.63) is 24.3 Å². The molecular formula is C7H5NO4S. The summed E-state index contributed by atoms with van der Waals surface area (Å²) in [7, 11) is -3.99. The van der Waals surface area contributed by atoms with Crippen LogP contribution in [0, 0.1) is 0 Å². The fourth-order valence-corrected chi connectivity index (χ4v) is 1.47. The molecule has 0 atom stereocenters. The fraction of sp³-hybridized carbons (Fsp3) is 0. The van der Waals surface area contributed by atoms with Crippen LogP contribution in [-0.4, -0.2) is 19.6 Å². The summed E-state index contributed by atoms with van der Waals surface area (Å²) in [6.07, 6.45) is 0.931. The third-order valence-electron chi connectivity index (χ3n) is 1.27. The lowest BCUT2D eigenvalue weighted by Crippen LogP contribution is -1.95. The Hall–Kier alpha value is -1.65. The molecule has 0 aliphatic rings. The molecule has 0 unspecified atom stereocenters. The van der Waals surface area contributed by atoms with Crippen molar-refractivity contribution in [1.29, 1.82) is 0 Å². The van der Waals surface area contributed by atoms with Gasteiger partial charge in [-0.2, -0.15) is 8.42 Å². The van der Waals surface area contributed by atoms with Crippen molar-refractivity contribution in [3.63, 3.8) is 0 Å². The molecule has 68 valence electrons. The molecule has 0 aliphatic heterocycles. The molecule has 0 saturated heterocycles. The lowest BCUT2D eigenvalue weighted by atomic mass is 10.3. The van der Waals surface area contributed by atoms with Gasteiger partial charge in [-0.3, -0.25) is 0 Å². The lowest BCUT2D eigenvalue weighted by molar-refractivity contribution is 0.473. The molecule has 0 amide bonds. The topological polar surface area (TPSA) is 83.8 Å². The van der Waals surface area contributed by atoms with Crippen LogP contribution < -0.4 is 0 Å². The largest absolute Gasteiger partial charge is 0.508 e. The van der Waals surface area contributed by atoms with Gasteiger partial charge in [0.05, 0.1) is 4.90 Å². The van der Waals surface area contributed by atoms with E-state index in [1.54, 1.807) is 0 Å².